The monoisotopic (exact) mass is 157 g/mol. The van der Waals surface area contributed by atoms with Crippen molar-refractivity contribution in [1.29, 1.82) is 0 Å². The normalized spacial score (nSPS) is 26.2. The quantitative estimate of drug-likeness (QED) is 0.533. The van der Waals surface area contributed by atoms with E-state index in [2.05, 4.69) is 0 Å². The number of rotatable bonds is 1. The van der Waals surface area contributed by atoms with E-state index in [4.69, 9.17) is 12.2 Å². The second kappa shape index (κ2) is 2.66. The van der Waals surface area contributed by atoms with Gasteiger partial charge in [-0.25, -0.2) is 0 Å². The van der Waals surface area contributed by atoms with Crippen molar-refractivity contribution in [2.45, 2.75) is 19.8 Å². The fraction of sp³-hybridized carbons (Fsp3) is 0.714. The first-order valence-electron chi connectivity index (χ1n) is 3.47. The Kier molecular flexibility index (Phi) is 2.04. The van der Waals surface area contributed by atoms with Crippen molar-refractivity contribution in [3.8, 4) is 0 Å². The van der Waals surface area contributed by atoms with Crippen LogP contribution < -0.4 is 0 Å². The molecular formula is C7H11NOS. The molecule has 1 unspecified atom stereocenters. The van der Waals surface area contributed by atoms with Crippen molar-refractivity contribution in [2.75, 3.05) is 7.05 Å². The molecule has 0 saturated carbocycles. The molecule has 56 valence electrons. The van der Waals surface area contributed by atoms with Crippen LogP contribution in [0, 0.1) is 5.92 Å². The van der Waals surface area contributed by atoms with Gasteiger partial charge in [0.25, 0.3) is 0 Å². The zero-order chi connectivity index (χ0) is 7.72. The van der Waals surface area contributed by atoms with E-state index < -0.39 is 0 Å². The average Bonchev–Trinajstić information content (AvgIpc) is 2.17. The summed E-state index contributed by atoms with van der Waals surface area (Å²) in [5.41, 5.74) is 0. The smallest absolute Gasteiger partial charge is 0.230 e. The Balaban J connectivity index is 2.71. The molecule has 1 heterocycles. The highest BCUT2D eigenvalue weighted by Gasteiger charge is 2.31. The van der Waals surface area contributed by atoms with Gasteiger partial charge in [0.15, 0.2) is 0 Å². The molecule has 0 radical (unpaired) electrons. The number of carbonyl (C=O) groups is 1. The standard InChI is InChI=1S/C7H11NOS/c1-3-5-4-6(10)8(2)7(5)9/h5H,3-4H2,1-2H3. The zero-order valence-electron chi connectivity index (χ0n) is 6.26. The summed E-state index contributed by atoms with van der Waals surface area (Å²) in [6.07, 6.45) is 1.68. The number of carbonyl (C=O) groups excluding carboxylic acids is 1. The first-order valence-corrected chi connectivity index (χ1v) is 3.88. The maximum Gasteiger partial charge on any atom is 0.230 e. The number of thiocarbonyl (C=S) groups is 1. The summed E-state index contributed by atoms with van der Waals surface area (Å²) >= 11 is 4.97. The molecule has 0 aromatic heterocycles. The third kappa shape index (κ3) is 1.06. The van der Waals surface area contributed by atoms with Crippen LogP contribution in [0.3, 0.4) is 0 Å². The molecule has 0 aromatic carbocycles. The molecule has 0 aromatic rings. The molecule has 1 saturated heterocycles. The third-order valence-corrected chi connectivity index (χ3v) is 2.41. The molecule has 2 nitrogen and oxygen atoms in total. The highest BCUT2D eigenvalue weighted by atomic mass is 32.1. The first-order chi connectivity index (χ1) is 4.66. The van der Waals surface area contributed by atoms with Crippen LogP contribution >= 0.6 is 12.2 Å². The number of amides is 1. The van der Waals surface area contributed by atoms with Crippen LogP contribution in [-0.4, -0.2) is 22.8 Å². The molecule has 0 N–H and O–H groups in total. The molecule has 1 aliphatic heterocycles. The van der Waals surface area contributed by atoms with Crippen molar-refractivity contribution in [3.63, 3.8) is 0 Å². The van der Waals surface area contributed by atoms with Crippen molar-refractivity contribution < 1.29 is 4.79 Å². The molecule has 1 rings (SSSR count). The molecule has 0 aliphatic carbocycles. The maximum absolute atomic E-state index is 11.2. The van der Waals surface area contributed by atoms with E-state index >= 15 is 0 Å². The lowest BCUT2D eigenvalue weighted by Gasteiger charge is -2.07. The Labute approximate surface area is 66.2 Å². The second-order valence-electron chi connectivity index (χ2n) is 2.60. The summed E-state index contributed by atoms with van der Waals surface area (Å²) in [4.78, 5) is 13.6. The highest BCUT2D eigenvalue weighted by molar-refractivity contribution is 7.80. The van der Waals surface area contributed by atoms with E-state index in [9.17, 15) is 4.79 Å². The fourth-order valence-corrected chi connectivity index (χ4v) is 1.44. The molecule has 1 amide bonds. The minimum absolute atomic E-state index is 0.164. The molecule has 10 heavy (non-hydrogen) atoms. The number of nitrogens with zero attached hydrogens (tertiary/aromatic N) is 1. The molecule has 0 bridgehead atoms. The number of likely N-dealkylation sites (tertiary alicyclic amines) is 1. The summed E-state index contributed by atoms with van der Waals surface area (Å²) < 4.78 is 0. The van der Waals surface area contributed by atoms with Gasteiger partial charge in [-0.2, -0.15) is 0 Å². The second-order valence-corrected chi connectivity index (χ2v) is 3.07. The molecular weight excluding hydrogens is 146 g/mol. The first kappa shape index (κ1) is 7.66. The van der Waals surface area contributed by atoms with Crippen molar-refractivity contribution >= 4 is 23.1 Å². The van der Waals surface area contributed by atoms with E-state index in [1.807, 2.05) is 6.92 Å². The van der Waals surface area contributed by atoms with Gasteiger partial charge in [0, 0.05) is 19.4 Å². The fourth-order valence-electron chi connectivity index (χ4n) is 1.15. The molecule has 1 atom stereocenters. The summed E-state index contributed by atoms with van der Waals surface area (Å²) in [5, 5.41) is 0. The predicted octanol–water partition coefficient (Wildman–Crippen LogP) is 1.20. The maximum atomic E-state index is 11.2. The van der Waals surface area contributed by atoms with Gasteiger partial charge in [0.2, 0.25) is 5.91 Å². The van der Waals surface area contributed by atoms with Crippen LogP contribution in [-0.2, 0) is 4.79 Å². The van der Waals surface area contributed by atoms with E-state index in [0.717, 1.165) is 17.8 Å². The summed E-state index contributed by atoms with van der Waals surface area (Å²) in [7, 11) is 1.75. The Morgan fingerprint density at radius 2 is 2.40 bits per heavy atom. The van der Waals surface area contributed by atoms with Crippen LogP contribution in [0.1, 0.15) is 19.8 Å². The van der Waals surface area contributed by atoms with Gasteiger partial charge in [-0.3, -0.25) is 4.79 Å². The van der Waals surface area contributed by atoms with E-state index in [0.29, 0.717) is 0 Å². The molecule has 1 fully saturated rings. The predicted molar refractivity (Wildman–Crippen MR) is 43.8 cm³/mol. The van der Waals surface area contributed by atoms with Gasteiger partial charge in [-0.15, -0.1) is 0 Å². The number of hydrogen-bond acceptors (Lipinski definition) is 2. The van der Waals surface area contributed by atoms with Crippen molar-refractivity contribution in [2.24, 2.45) is 5.92 Å². The Bertz CT molecular complexity index is 178. The molecule has 3 heteroatoms. The van der Waals surface area contributed by atoms with Crippen LogP contribution in [0.15, 0.2) is 0 Å². The van der Waals surface area contributed by atoms with Gasteiger partial charge in [0.1, 0.15) is 0 Å². The Morgan fingerprint density at radius 1 is 1.80 bits per heavy atom. The zero-order valence-corrected chi connectivity index (χ0v) is 7.07. The van der Waals surface area contributed by atoms with Crippen LogP contribution in [0.5, 0.6) is 0 Å². The number of hydrogen-bond donors (Lipinski definition) is 0. The van der Waals surface area contributed by atoms with Crippen LogP contribution in [0.2, 0.25) is 0 Å². The molecule has 0 spiro atoms. The third-order valence-electron chi connectivity index (χ3n) is 1.97. The molecule has 1 aliphatic rings. The van der Waals surface area contributed by atoms with Gasteiger partial charge < -0.3 is 4.90 Å². The Hall–Kier alpha value is -0.440. The van der Waals surface area contributed by atoms with Gasteiger partial charge in [-0.05, 0) is 6.42 Å². The summed E-state index contributed by atoms with van der Waals surface area (Å²) in [6, 6.07) is 0. The average molecular weight is 157 g/mol. The lowest BCUT2D eigenvalue weighted by Crippen LogP contribution is -2.24. The van der Waals surface area contributed by atoms with Crippen molar-refractivity contribution in [3.05, 3.63) is 0 Å². The SMILES string of the molecule is CCC1CC(=S)N(C)C1=O. The van der Waals surface area contributed by atoms with E-state index in [1.54, 1.807) is 11.9 Å². The Morgan fingerprint density at radius 3 is 2.60 bits per heavy atom. The van der Waals surface area contributed by atoms with Crippen molar-refractivity contribution in [1.82, 2.24) is 4.90 Å². The summed E-state index contributed by atoms with van der Waals surface area (Å²) in [5.74, 6) is 0.352. The van der Waals surface area contributed by atoms with Gasteiger partial charge >= 0.3 is 0 Å². The minimum Gasteiger partial charge on any atom is -0.309 e. The van der Waals surface area contributed by atoms with E-state index in [1.165, 1.54) is 0 Å². The van der Waals surface area contributed by atoms with Crippen LogP contribution in [0.4, 0.5) is 0 Å². The highest BCUT2D eigenvalue weighted by Crippen LogP contribution is 2.21. The minimum atomic E-state index is 0.164. The van der Waals surface area contributed by atoms with Gasteiger partial charge in [0.05, 0.1) is 4.99 Å². The van der Waals surface area contributed by atoms with Gasteiger partial charge in [-0.1, -0.05) is 19.1 Å². The topological polar surface area (TPSA) is 20.3 Å². The van der Waals surface area contributed by atoms with E-state index in [-0.39, 0.29) is 11.8 Å². The lowest BCUT2D eigenvalue weighted by molar-refractivity contribution is -0.128. The largest absolute Gasteiger partial charge is 0.309 e. The van der Waals surface area contributed by atoms with Crippen LogP contribution in [0.25, 0.3) is 0 Å². The lowest BCUT2D eigenvalue weighted by atomic mass is 10.1. The summed E-state index contributed by atoms with van der Waals surface area (Å²) in [6.45, 7) is 2.02.